The minimum Gasteiger partial charge on any atom is -0.422 e. The first-order valence-electron chi connectivity index (χ1n) is 12.2. The number of benzene rings is 4. The lowest BCUT2D eigenvalue weighted by Crippen LogP contribution is -2.40. The van der Waals surface area contributed by atoms with E-state index in [9.17, 15) is 19.2 Å². The topological polar surface area (TPSA) is 114 Å². The number of anilines is 1. The van der Waals surface area contributed by atoms with Gasteiger partial charge in [-0.2, -0.15) is 0 Å². The largest absolute Gasteiger partial charge is 0.422 e. The molecule has 4 rings (SSSR count). The van der Waals surface area contributed by atoms with Crippen molar-refractivity contribution in [2.75, 3.05) is 5.32 Å². The van der Waals surface area contributed by atoms with Crippen LogP contribution in [0.1, 0.15) is 42.2 Å². The highest BCUT2D eigenvalue weighted by molar-refractivity contribution is 6.36. The molecule has 4 aromatic rings. The van der Waals surface area contributed by atoms with Crippen molar-refractivity contribution in [3.63, 3.8) is 0 Å². The average Bonchev–Trinajstić information content (AvgIpc) is 2.95. The number of ether oxygens (including phenoxy) is 1. The Morgan fingerprint density at radius 3 is 2.24 bits per heavy atom. The van der Waals surface area contributed by atoms with Crippen LogP contribution in [-0.2, 0) is 4.79 Å². The predicted molar refractivity (Wildman–Crippen MR) is 158 cm³/mol. The van der Waals surface area contributed by atoms with Gasteiger partial charge in [0.05, 0.1) is 10.6 Å². The van der Waals surface area contributed by atoms with E-state index in [-0.39, 0.29) is 27.8 Å². The number of nitrogens with one attached hydrogen (secondary N) is 3. The highest BCUT2D eigenvalue weighted by Gasteiger charge is 2.15. The molecule has 0 atom stereocenters. The van der Waals surface area contributed by atoms with Crippen molar-refractivity contribution in [3.05, 3.63) is 135 Å². The zero-order valence-electron chi connectivity index (χ0n) is 21.6. The maximum atomic E-state index is 12.6. The van der Waals surface area contributed by atoms with E-state index >= 15 is 0 Å². The van der Waals surface area contributed by atoms with Gasteiger partial charge in [-0.3, -0.25) is 25.2 Å². The third-order valence-corrected chi connectivity index (χ3v) is 6.22. The Morgan fingerprint density at radius 2 is 1.51 bits per heavy atom. The first kappa shape index (κ1) is 29.1. The second-order valence-corrected chi connectivity index (χ2v) is 9.57. The third kappa shape index (κ3) is 8.04. The number of para-hydroxylation sites is 1. The quantitative estimate of drug-likeness (QED) is 0.102. The summed E-state index contributed by atoms with van der Waals surface area (Å²) in [5.41, 5.74) is 7.45. The number of esters is 1. The molecule has 0 heterocycles. The summed E-state index contributed by atoms with van der Waals surface area (Å²) in [6.45, 7) is 1.90. The third-order valence-electron chi connectivity index (χ3n) is 5.67. The van der Waals surface area contributed by atoms with E-state index in [1.165, 1.54) is 42.5 Å². The molecule has 0 aromatic heterocycles. The van der Waals surface area contributed by atoms with Crippen molar-refractivity contribution in [1.82, 2.24) is 10.9 Å². The van der Waals surface area contributed by atoms with Crippen LogP contribution in [0.5, 0.6) is 5.75 Å². The van der Waals surface area contributed by atoms with Crippen LogP contribution in [0.15, 0.2) is 97.1 Å². The van der Waals surface area contributed by atoms with Gasteiger partial charge in [0.1, 0.15) is 5.75 Å². The zero-order chi connectivity index (χ0) is 29.4. The molecule has 0 radical (unpaired) electrons. The Bertz CT molecular complexity index is 1650. The summed E-state index contributed by atoms with van der Waals surface area (Å²) in [5, 5.41) is 3.30. The molecule has 0 unspecified atom stereocenters. The normalized spacial score (nSPS) is 10.6. The molecule has 0 bridgehead atoms. The number of hydrogen-bond donors (Lipinski definition) is 3. The van der Waals surface area contributed by atoms with Gasteiger partial charge in [0, 0.05) is 33.5 Å². The van der Waals surface area contributed by atoms with Crippen molar-refractivity contribution < 1.29 is 23.9 Å². The molecule has 3 amide bonds. The number of hydrogen-bond acceptors (Lipinski definition) is 5. The molecular formula is C31H23Cl2N3O5. The van der Waals surface area contributed by atoms with Crippen LogP contribution >= 0.6 is 23.2 Å². The Labute approximate surface area is 245 Å². The summed E-state index contributed by atoms with van der Waals surface area (Å²) in [6, 6.07) is 24.4. The SMILES string of the molecule is Cc1cccc(C(=O)Nc2ccc(C(=O)NNC(=O)/C=C/c3ccccc3OC(=O)c3ccc(Cl)cc3Cl)cc2)c1. The van der Waals surface area contributed by atoms with Crippen molar-refractivity contribution in [3.8, 4) is 5.75 Å². The lowest BCUT2D eigenvalue weighted by Gasteiger charge is -2.09. The second-order valence-electron chi connectivity index (χ2n) is 8.73. The van der Waals surface area contributed by atoms with Gasteiger partial charge in [0.2, 0.25) is 0 Å². The number of hydrazine groups is 1. The van der Waals surface area contributed by atoms with E-state index in [1.54, 1.807) is 54.6 Å². The number of rotatable bonds is 7. The number of aryl methyl sites for hydroxylation is 1. The van der Waals surface area contributed by atoms with Gasteiger partial charge in [0.25, 0.3) is 17.7 Å². The average molecular weight is 588 g/mol. The molecule has 3 N–H and O–H groups in total. The van der Waals surface area contributed by atoms with Gasteiger partial charge in [-0.05, 0) is 73.7 Å². The summed E-state index contributed by atoms with van der Waals surface area (Å²) in [6.07, 6.45) is 2.60. The molecule has 0 fully saturated rings. The molecule has 10 heteroatoms. The van der Waals surface area contributed by atoms with Crippen molar-refractivity contribution in [1.29, 1.82) is 0 Å². The molecule has 0 aliphatic carbocycles. The second kappa shape index (κ2) is 13.4. The molecule has 0 saturated carbocycles. The molecule has 4 aromatic carbocycles. The predicted octanol–water partition coefficient (Wildman–Crippen LogP) is 6.25. The fourth-order valence-electron chi connectivity index (χ4n) is 3.61. The van der Waals surface area contributed by atoms with E-state index in [0.717, 1.165) is 5.56 Å². The van der Waals surface area contributed by atoms with E-state index in [0.29, 0.717) is 21.8 Å². The van der Waals surface area contributed by atoms with Crippen LogP contribution in [0.3, 0.4) is 0 Å². The fraction of sp³-hybridized carbons (Fsp3) is 0.0323. The Kier molecular flexibility index (Phi) is 9.52. The van der Waals surface area contributed by atoms with Gasteiger partial charge in [-0.25, -0.2) is 4.79 Å². The summed E-state index contributed by atoms with van der Waals surface area (Å²) in [5.74, 6) is -1.94. The summed E-state index contributed by atoms with van der Waals surface area (Å²) < 4.78 is 5.46. The van der Waals surface area contributed by atoms with Gasteiger partial charge >= 0.3 is 5.97 Å². The van der Waals surface area contributed by atoms with Gasteiger partial charge < -0.3 is 10.1 Å². The fourth-order valence-corrected chi connectivity index (χ4v) is 4.10. The molecule has 41 heavy (non-hydrogen) atoms. The summed E-state index contributed by atoms with van der Waals surface area (Å²) in [4.78, 5) is 49.8. The van der Waals surface area contributed by atoms with E-state index in [4.69, 9.17) is 27.9 Å². The molecule has 206 valence electrons. The highest BCUT2D eigenvalue weighted by atomic mass is 35.5. The summed E-state index contributed by atoms with van der Waals surface area (Å²) in [7, 11) is 0. The van der Waals surface area contributed by atoms with Crippen LogP contribution in [0.4, 0.5) is 5.69 Å². The van der Waals surface area contributed by atoms with Crippen LogP contribution < -0.4 is 20.9 Å². The smallest absolute Gasteiger partial charge is 0.345 e. The molecule has 8 nitrogen and oxygen atoms in total. The monoisotopic (exact) mass is 587 g/mol. The molecular weight excluding hydrogens is 565 g/mol. The summed E-state index contributed by atoms with van der Waals surface area (Å²) >= 11 is 12.0. The molecule has 0 aliphatic rings. The van der Waals surface area contributed by atoms with Crippen molar-refractivity contribution in [2.24, 2.45) is 0 Å². The number of amides is 3. The van der Waals surface area contributed by atoms with Crippen LogP contribution in [0.2, 0.25) is 10.0 Å². The van der Waals surface area contributed by atoms with Crippen molar-refractivity contribution in [2.45, 2.75) is 6.92 Å². The Morgan fingerprint density at radius 1 is 0.756 bits per heavy atom. The van der Waals surface area contributed by atoms with Gasteiger partial charge in [-0.15, -0.1) is 0 Å². The minimum atomic E-state index is -0.690. The number of carbonyl (C=O) groups is 4. The van der Waals surface area contributed by atoms with E-state index in [2.05, 4.69) is 16.2 Å². The van der Waals surface area contributed by atoms with E-state index < -0.39 is 17.8 Å². The van der Waals surface area contributed by atoms with Crippen molar-refractivity contribution >= 4 is 58.7 Å². The number of halogens is 2. The maximum absolute atomic E-state index is 12.6. The first-order valence-corrected chi connectivity index (χ1v) is 13.0. The van der Waals surface area contributed by atoms with Crippen LogP contribution in [0.25, 0.3) is 6.08 Å². The maximum Gasteiger partial charge on any atom is 0.345 e. The Balaban J connectivity index is 1.31. The van der Waals surface area contributed by atoms with Crippen LogP contribution in [-0.4, -0.2) is 23.7 Å². The van der Waals surface area contributed by atoms with Gasteiger partial charge in [0.15, 0.2) is 0 Å². The lowest BCUT2D eigenvalue weighted by molar-refractivity contribution is -0.117. The zero-order valence-corrected chi connectivity index (χ0v) is 23.1. The molecule has 0 saturated heterocycles. The standard InChI is InChI=1S/C31H23Cl2N3O5/c1-19-5-4-7-22(17-19)29(38)34-24-13-9-21(10-14-24)30(39)36-35-28(37)16-11-20-6-2-3-8-27(20)41-31(40)25-15-12-23(32)18-26(25)33/h2-18H,1H3,(H,34,38)(H,35,37)(H,36,39)/b16-11+. The lowest BCUT2D eigenvalue weighted by atomic mass is 10.1. The molecule has 0 spiro atoms. The Hall–Kier alpha value is -4.92. The minimum absolute atomic E-state index is 0.136. The molecule has 0 aliphatic heterocycles. The van der Waals surface area contributed by atoms with Gasteiger partial charge in [-0.1, -0.05) is 59.1 Å². The van der Waals surface area contributed by atoms with E-state index in [1.807, 2.05) is 13.0 Å². The number of carbonyl (C=O) groups excluding carboxylic acids is 4. The first-order chi connectivity index (χ1) is 19.7. The van der Waals surface area contributed by atoms with Crippen LogP contribution in [0, 0.1) is 6.92 Å². The highest BCUT2D eigenvalue weighted by Crippen LogP contribution is 2.25.